The number of hydrogen-bond acceptors (Lipinski definition) is 5. The molecule has 1 aromatic heterocycles. The fraction of sp³-hybridized carbons (Fsp3) is 0.688. The standard InChI is InChI=1S/C16H25ClN4O2/c1-16(2,3)23-15(22)21-9-5-6-12(11-21)10-20(4)14-18-8-7-13(17)19-14/h7-8,12H,5-6,9-11H2,1-4H3. The Balaban J connectivity index is 1.92. The number of hydrogen-bond donors (Lipinski definition) is 0. The van der Waals surface area contributed by atoms with E-state index in [4.69, 9.17) is 16.3 Å². The minimum absolute atomic E-state index is 0.233. The topological polar surface area (TPSA) is 58.6 Å². The molecule has 128 valence electrons. The summed E-state index contributed by atoms with van der Waals surface area (Å²) in [7, 11) is 1.94. The van der Waals surface area contributed by atoms with Crippen molar-refractivity contribution in [1.82, 2.24) is 14.9 Å². The quantitative estimate of drug-likeness (QED) is 0.791. The lowest BCUT2D eigenvalue weighted by molar-refractivity contribution is 0.0170. The molecular weight excluding hydrogens is 316 g/mol. The highest BCUT2D eigenvalue weighted by molar-refractivity contribution is 6.29. The van der Waals surface area contributed by atoms with Crippen molar-refractivity contribution in [3.05, 3.63) is 17.4 Å². The Morgan fingerprint density at radius 3 is 2.91 bits per heavy atom. The van der Waals surface area contributed by atoms with Gasteiger partial charge >= 0.3 is 6.09 Å². The SMILES string of the molecule is CN(CC1CCCN(C(=O)OC(C)(C)C)C1)c1nccc(Cl)n1. The molecule has 0 bridgehead atoms. The summed E-state index contributed by atoms with van der Waals surface area (Å²) >= 11 is 5.91. The zero-order chi connectivity index (χ0) is 17.0. The Kier molecular flexibility index (Phi) is 5.68. The van der Waals surface area contributed by atoms with Gasteiger partial charge in [-0.3, -0.25) is 0 Å². The molecule has 1 amide bonds. The van der Waals surface area contributed by atoms with Gasteiger partial charge in [0.15, 0.2) is 0 Å². The Labute approximate surface area is 142 Å². The second-order valence-electron chi connectivity index (χ2n) is 6.99. The maximum Gasteiger partial charge on any atom is 0.410 e. The first-order valence-electron chi connectivity index (χ1n) is 7.92. The lowest BCUT2D eigenvalue weighted by Crippen LogP contribution is -2.45. The van der Waals surface area contributed by atoms with Gasteiger partial charge in [-0.15, -0.1) is 0 Å². The van der Waals surface area contributed by atoms with Gasteiger partial charge in [0, 0.05) is 32.9 Å². The zero-order valence-electron chi connectivity index (χ0n) is 14.3. The molecule has 2 rings (SSSR count). The van der Waals surface area contributed by atoms with E-state index in [1.165, 1.54) is 0 Å². The Morgan fingerprint density at radius 2 is 2.26 bits per heavy atom. The number of amides is 1. The Morgan fingerprint density at radius 1 is 1.52 bits per heavy atom. The van der Waals surface area contributed by atoms with Crippen LogP contribution in [0.2, 0.25) is 5.15 Å². The molecule has 7 heteroatoms. The predicted molar refractivity (Wildman–Crippen MR) is 90.8 cm³/mol. The van der Waals surface area contributed by atoms with E-state index >= 15 is 0 Å². The van der Waals surface area contributed by atoms with Gasteiger partial charge in [-0.2, -0.15) is 0 Å². The molecule has 2 heterocycles. The van der Waals surface area contributed by atoms with Gasteiger partial charge in [0.2, 0.25) is 5.95 Å². The summed E-state index contributed by atoms with van der Waals surface area (Å²) in [5.41, 5.74) is -0.463. The summed E-state index contributed by atoms with van der Waals surface area (Å²) in [6.45, 7) is 7.88. The van der Waals surface area contributed by atoms with Crippen LogP contribution in [0.15, 0.2) is 12.3 Å². The van der Waals surface area contributed by atoms with Crippen molar-refractivity contribution in [3.8, 4) is 0 Å². The smallest absolute Gasteiger partial charge is 0.410 e. The highest BCUT2D eigenvalue weighted by Crippen LogP contribution is 2.21. The van der Waals surface area contributed by atoms with Gasteiger partial charge in [0.1, 0.15) is 10.8 Å². The van der Waals surface area contributed by atoms with Crippen LogP contribution in [0.4, 0.5) is 10.7 Å². The summed E-state index contributed by atoms with van der Waals surface area (Å²) in [4.78, 5) is 24.4. The number of piperidine rings is 1. The third-order valence-electron chi connectivity index (χ3n) is 3.65. The zero-order valence-corrected chi connectivity index (χ0v) is 15.0. The lowest BCUT2D eigenvalue weighted by atomic mass is 9.98. The van der Waals surface area contributed by atoms with E-state index in [0.717, 1.165) is 25.9 Å². The molecular formula is C16H25ClN4O2. The van der Waals surface area contributed by atoms with Crippen molar-refractivity contribution in [2.75, 3.05) is 31.6 Å². The van der Waals surface area contributed by atoms with E-state index in [1.54, 1.807) is 17.2 Å². The van der Waals surface area contributed by atoms with E-state index in [9.17, 15) is 4.79 Å². The van der Waals surface area contributed by atoms with Crippen molar-refractivity contribution >= 4 is 23.6 Å². The lowest BCUT2D eigenvalue weighted by Gasteiger charge is -2.35. The van der Waals surface area contributed by atoms with Crippen LogP contribution in [0.25, 0.3) is 0 Å². The number of anilines is 1. The summed E-state index contributed by atoms with van der Waals surface area (Å²) in [6.07, 6.45) is 3.47. The van der Waals surface area contributed by atoms with Crippen molar-refractivity contribution in [1.29, 1.82) is 0 Å². The molecule has 0 radical (unpaired) electrons. The van der Waals surface area contributed by atoms with Gasteiger partial charge in [0.05, 0.1) is 0 Å². The number of rotatable bonds is 3. The van der Waals surface area contributed by atoms with Crippen molar-refractivity contribution < 1.29 is 9.53 Å². The number of nitrogens with zero attached hydrogens (tertiary/aromatic N) is 4. The van der Waals surface area contributed by atoms with Crippen LogP contribution in [-0.4, -0.2) is 53.2 Å². The van der Waals surface area contributed by atoms with Crippen LogP contribution in [0.5, 0.6) is 0 Å². The molecule has 0 aliphatic carbocycles. The van der Waals surface area contributed by atoms with Crippen molar-refractivity contribution in [2.24, 2.45) is 5.92 Å². The molecule has 1 aliphatic rings. The molecule has 1 fully saturated rings. The Bertz CT molecular complexity index is 547. The summed E-state index contributed by atoms with van der Waals surface area (Å²) < 4.78 is 5.46. The summed E-state index contributed by atoms with van der Waals surface area (Å²) in [6, 6.07) is 1.66. The number of likely N-dealkylation sites (tertiary alicyclic amines) is 1. The van der Waals surface area contributed by atoms with E-state index in [-0.39, 0.29) is 6.09 Å². The molecule has 1 aliphatic heterocycles. The molecule has 1 atom stereocenters. The first kappa shape index (κ1) is 17.8. The van der Waals surface area contributed by atoms with E-state index in [1.807, 2.05) is 32.7 Å². The average Bonchev–Trinajstić information content (AvgIpc) is 2.45. The van der Waals surface area contributed by atoms with E-state index < -0.39 is 5.60 Å². The van der Waals surface area contributed by atoms with Gasteiger partial charge in [-0.25, -0.2) is 14.8 Å². The van der Waals surface area contributed by atoms with Gasteiger partial charge < -0.3 is 14.5 Å². The van der Waals surface area contributed by atoms with Crippen LogP contribution in [0.1, 0.15) is 33.6 Å². The van der Waals surface area contributed by atoms with Gasteiger partial charge in [-0.05, 0) is 45.6 Å². The number of carbonyl (C=O) groups is 1. The summed E-state index contributed by atoms with van der Waals surface area (Å²) in [5, 5.41) is 0.431. The monoisotopic (exact) mass is 340 g/mol. The maximum absolute atomic E-state index is 12.2. The fourth-order valence-electron chi connectivity index (χ4n) is 2.69. The molecule has 6 nitrogen and oxygen atoms in total. The second kappa shape index (κ2) is 7.34. The second-order valence-corrected chi connectivity index (χ2v) is 7.38. The minimum Gasteiger partial charge on any atom is -0.444 e. The van der Waals surface area contributed by atoms with E-state index in [2.05, 4.69) is 9.97 Å². The highest BCUT2D eigenvalue weighted by atomic mass is 35.5. The van der Waals surface area contributed by atoms with Crippen LogP contribution in [0, 0.1) is 5.92 Å². The number of carbonyl (C=O) groups excluding carboxylic acids is 1. The largest absolute Gasteiger partial charge is 0.444 e. The maximum atomic E-state index is 12.2. The molecule has 1 saturated heterocycles. The first-order valence-corrected chi connectivity index (χ1v) is 8.30. The molecule has 0 N–H and O–H groups in total. The summed E-state index contributed by atoms with van der Waals surface area (Å²) in [5.74, 6) is 0.968. The number of ether oxygens (including phenoxy) is 1. The normalized spacial score (nSPS) is 18.7. The van der Waals surface area contributed by atoms with Gasteiger partial charge in [0.25, 0.3) is 0 Å². The average molecular weight is 341 g/mol. The van der Waals surface area contributed by atoms with Crippen molar-refractivity contribution in [2.45, 2.75) is 39.2 Å². The number of aromatic nitrogens is 2. The third-order valence-corrected chi connectivity index (χ3v) is 3.86. The molecule has 0 spiro atoms. The van der Waals surface area contributed by atoms with Crippen LogP contribution < -0.4 is 4.90 Å². The Hall–Kier alpha value is -1.56. The number of halogens is 1. The molecule has 23 heavy (non-hydrogen) atoms. The molecule has 1 unspecified atom stereocenters. The third kappa shape index (κ3) is 5.53. The minimum atomic E-state index is -0.463. The van der Waals surface area contributed by atoms with Crippen LogP contribution in [0.3, 0.4) is 0 Å². The predicted octanol–water partition coefficient (Wildman–Crippen LogP) is 3.21. The van der Waals surface area contributed by atoms with E-state index in [0.29, 0.717) is 23.6 Å². The molecule has 0 aromatic carbocycles. The highest BCUT2D eigenvalue weighted by Gasteiger charge is 2.28. The van der Waals surface area contributed by atoms with Gasteiger partial charge in [-0.1, -0.05) is 11.6 Å². The molecule has 0 saturated carbocycles. The molecule has 1 aromatic rings. The van der Waals surface area contributed by atoms with Crippen LogP contribution >= 0.6 is 11.6 Å². The fourth-order valence-corrected chi connectivity index (χ4v) is 2.82. The first-order chi connectivity index (χ1) is 10.7. The van der Waals surface area contributed by atoms with Crippen LogP contribution in [-0.2, 0) is 4.74 Å². The van der Waals surface area contributed by atoms with Crippen molar-refractivity contribution in [3.63, 3.8) is 0 Å².